The Kier molecular flexibility index (Phi) is 4.87. The summed E-state index contributed by atoms with van der Waals surface area (Å²) in [4.78, 5) is 14.6. The fourth-order valence-corrected chi connectivity index (χ4v) is 1.09. The third-order valence-electron chi connectivity index (χ3n) is 1.42. The Morgan fingerprint density at radius 2 is 1.81 bits per heavy atom. The molecule has 0 saturated heterocycles. The molecule has 0 atom stereocenters. The number of anilines is 1. The molecule has 0 aliphatic rings. The van der Waals surface area contributed by atoms with E-state index in [9.17, 15) is 4.79 Å². The van der Waals surface area contributed by atoms with E-state index in [0.717, 1.165) is 6.21 Å². The molecule has 0 saturated carbocycles. The van der Waals surface area contributed by atoms with Crippen LogP contribution in [-0.2, 0) is 0 Å². The molecule has 0 radical (unpaired) electrons. The minimum atomic E-state index is -1.68. The van der Waals surface area contributed by atoms with Gasteiger partial charge in [0.05, 0.1) is 6.21 Å². The van der Waals surface area contributed by atoms with Gasteiger partial charge in [0.2, 0.25) is 3.79 Å². The molecule has 0 spiro atoms. The Labute approximate surface area is 112 Å². The highest BCUT2D eigenvalue weighted by molar-refractivity contribution is 6.74. The molecule has 0 unspecified atom stereocenters. The van der Waals surface area contributed by atoms with Crippen LogP contribution in [0, 0.1) is 0 Å². The van der Waals surface area contributed by atoms with E-state index in [-0.39, 0.29) is 0 Å². The van der Waals surface area contributed by atoms with Crippen molar-refractivity contribution in [3.05, 3.63) is 29.3 Å². The van der Waals surface area contributed by atoms with E-state index in [1.54, 1.807) is 24.3 Å². The minimum absolute atomic E-state index is 0.552. The van der Waals surface area contributed by atoms with Crippen molar-refractivity contribution < 1.29 is 4.79 Å². The van der Waals surface area contributed by atoms with Crippen molar-refractivity contribution >= 4 is 64.3 Å². The first-order valence-electron chi connectivity index (χ1n) is 4.05. The predicted molar refractivity (Wildman–Crippen MR) is 69.3 cm³/mol. The van der Waals surface area contributed by atoms with Crippen LogP contribution in [0.1, 0.15) is 0 Å². The fraction of sp³-hybridized carbons (Fsp3) is 0.111. The van der Waals surface area contributed by atoms with E-state index in [4.69, 9.17) is 46.4 Å². The lowest BCUT2D eigenvalue weighted by molar-refractivity contribution is 0.259. The number of carbonyl (C=O) groups is 1. The molecule has 16 heavy (non-hydrogen) atoms. The molecule has 0 aromatic heterocycles. The highest BCUT2D eigenvalue weighted by atomic mass is 35.6. The molecular formula is C9H6Cl4N2O. The van der Waals surface area contributed by atoms with E-state index in [2.05, 4.69) is 10.3 Å². The van der Waals surface area contributed by atoms with Gasteiger partial charge in [0.25, 0.3) is 0 Å². The smallest absolute Gasteiger partial charge is 0.306 e. The molecule has 1 N–H and O–H groups in total. The molecular weight excluding hydrogens is 294 g/mol. The van der Waals surface area contributed by atoms with Crippen molar-refractivity contribution in [2.24, 2.45) is 4.99 Å². The third-order valence-corrected chi connectivity index (χ3v) is 1.97. The predicted octanol–water partition coefficient (Wildman–Crippen LogP) is 4.31. The summed E-state index contributed by atoms with van der Waals surface area (Å²) in [7, 11) is 0. The standard InChI is InChI=1S/C9H6Cl4N2O/c10-6-1-3-7(4-2-6)15-8(16)14-5-9(11,12)13/h1-5H,(H,15,16)/b14-5+. The first-order valence-corrected chi connectivity index (χ1v) is 5.56. The monoisotopic (exact) mass is 298 g/mol. The van der Waals surface area contributed by atoms with Gasteiger partial charge in [-0.3, -0.25) is 0 Å². The number of amides is 2. The van der Waals surface area contributed by atoms with Crippen LogP contribution >= 0.6 is 46.4 Å². The molecule has 2 amide bonds. The number of aliphatic imine (C=N–C) groups is 1. The highest BCUT2D eigenvalue weighted by Gasteiger charge is 2.16. The lowest BCUT2D eigenvalue weighted by atomic mass is 10.3. The Hall–Kier alpha value is -0.480. The maximum Gasteiger partial charge on any atom is 0.345 e. The summed E-state index contributed by atoms with van der Waals surface area (Å²) in [5, 5.41) is 3.04. The van der Waals surface area contributed by atoms with Gasteiger partial charge in [-0.2, -0.15) is 0 Å². The summed E-state index contributed by atoms with van der Waals surface area (Å²) in [6.45, 7) is 0. The van der Waals surface area contributed by atoms with Crippen LogP contribution in [0.3, 0.4) is 0 Å². The van der Waals surface area contributed by atoms with Gasteiger partial charge in [-0.25, -0.2) is 9.79 Å². The van der Waals surface area contributed by atoms with Crippen molar-refractivity contribution in [2.45, 2.75) is 3.79 Å². The van der Waals surface area contributed by atoms with Gasteiger partial charge in [0.15, 0.2) is 0 Å². The van der Waals surface area contributed by atoms with Crippen LogP contribution in [0.2, 0.25) is 5.02 Å². The molecule has 1 aromatic rings. The van der Waals surface area contributed by atoms with Crippen molar-refractivity contribution in [3.8, 4) is 0 Å². The first-order chi connectivity index (χ1) is 7.37. The SMILES string of the molecule is O=C(/N=C/C(Cl)(Cl)Cl)Nc1ccc(Cl)cc1. The molecule has 1 aromatic carbocycles. The van der Waals surface area contributed by atoms with Crippen LogP contribution < -0.4 is 5.32 Å². The second-order valence-electron chi connectivity index (χ2n) is 2.74. The van der Waals surface area contributed by atoms with Gasteiger partial charge in [0.1, 0.15) is 0 Å². The van der Waals surface area contributed by atoms with Crippen LogP contribution in [0.5, 0.6) is 0 Å². The van der Waals surface area contributed by atoms with Crippen molar-refractivity contribution in [1.29, 1.82) is 0 Å². The van der Waals surface area contributed by atoms with Crippen LogP contribution in [0.15, 0.2) is 29.3 Å². The quantitative estimate of drug-likeness (QED) is 0.609. The fourth-order valence-electron chi connectivity index (χ4n) is 0.821. The molecule has 1 rings (SSSR count). The number of hydrogen-bond donors (Lipinski definition) is 1. The molecule has 7 heteroatoms. The number of benzene rings is 1. The number of carbonyl (C=O) groups excluding carboxylic acids is 1. The lowest BCUT2D eigenvalue weighted by Gasteiger charge is -2.03. The number of hydrogen-bond acceptors (Lipinski definition) is 1. The Balaban J connectivity index is 2.59. The summed E-state index contributed by atoms with van der Waals surface area (Å²) in [6.07, 6.45) is 0.920. The average molecular weight is 300 g/mol. The second-order valence-corrected chi connectivity index (χ2v) is 5.54. The molecule has 0 fully saturated rings. The molecule has 3 nitrogen and oxygen atoms in total. The van der Waals surface area contributed by atoms with Crippen LogP contribution in [0.25, 0.3) is 0 Å². The van der Waals surface area contributed by atoms with Gasteiger partial charge in [-0.1, -0.05) is 46.4 Å². The largest absolute Gasteiger partial charge is 0.345 e. The van der Waals surface area contributed by atoms with Crippen molar-refractivity contribution in [2.75, 3.05) is 5.32 Å². The number of halogens is 4. The minimum Gasteiger partial charge on any atom is -0.306 e. The summed E-state index contributed by atoms with van der Waals surface area (Å²) in [5.74, 6) is 0. The summed E-state index contributed by atoms with van der Waals surface area (Å²) < 4.78 is -1.68. The Bertz CT molecular complexity index is 397. The van der Waals surface area contributed by atoms with Crippen LogP contribution in [0.4, 0.5) is 10.5 Å². The number of nitrogens with zero attached hydrogens (tertiary/aromatic N) is 1. The van der Waals surface area contributed by atoms with Gasteiger partial charge in [-0.05, 0) is 24.3 Å². The van der Waals surface area contributed by atoms with Gasteiger partial charge in [-0.15, -0.1) is 0 Å². The zero-order valence-corrected chi connectivity index (χ0v) is 10.8. The van der Waals surface area contributed by atoms with Gasteiger partial charge >= 0.3 is 6.03 Å². The van der Waals surface area contributed by atoms with E-state index < -0.39 is 9.82 Å². The molecule has 0 bridgehead atoms. The van der Waals surface area contributed by atoms with Crippen LogP contribution in [-0.4, -0.2) is 16.0 Å². The van der Waals surface area contributed by atoms with Gasteiger partial charge in [0, 0.05) is 10.7 Å². The zero-order valence-electron chi connectivity index (χ0n) is 7.75. The van der Waals surface area contributed by atoms with Gasteiger partial charge < -0.3 is 5.32 Å². The number of nitrogens with one attached hydrogen (secondary N) is 1. The topological polar surface area (TPSA) is 41.5 Å². The summed E-state index contributed by atoms with van der Waals surface area (Å²) in [5.41, 5.74) is 0.552. The normalized spacial score (nSPS) is 11.8. The average Bonchev–Trinajstić information content (AvgIpc) is 2.18. The Morgan fingerprint density at radius 3 is 2.31 bits per heavy atom. The number of rotatable bonds is 1. The molecule has 0 heterocycles. The maximum atomic E-state index is 11.2. The summed E-state index contributed by atoms with van der Waals surface area (Å²) >= 11 is 21.8. The molecule has 0 aliphatic heterocycles. The number of urea groups is 1. The molecule has 86 valence electrons. The van der Waals surface area contributed by atoms with E-state index in [1.807, 2.05) is 0 Å². The number of alkyl halides is 3. The summed E-state index contributed by atoms with van der Waals surface area (Å²) in [6, 6.07) is 5.90. The second kappa shape index (κ2) is 5.73. The van der Waals surface area contributed by atoms with E-state index in [0.29, 0.717) is 10.7 Å². The van der Waals surface area contributed by atoms with Crippen molar-refractivity contribution in [1.82, 2.24) is 0 Å². The molecule has 0 aliphatic carbocycles. The third kappa shape index (κ3) is 5.56. The first kappa shape index (κ1) is 13.6. The van der Waals surface area contributed by atoms with E-state index >= 15 is 0 Å². The van der Waals surface area contributed by atoms with E-state index in [1.165, 1.54) is 0 Å². The maximum absolute atomic E-state index is 11.2. The Morgan fingerprint density at radius 1 is 1.25 bits per heavy atom. The zero-order chi connectivity index (χ0) is 12.2. The van der Waals surface area contributed by atoms with Crippen molar-refractivity contribution in [3.63, 3.8) is 0 Å². The lowest BCUT2D eigenvalue weighted by Crippen LogP contribution is -2.10. The highest BCUT2D eigenvalue weighted by Crippen LogP contribution is 2.23.